The van der Waals surface area contributed by atoms with Crippen molar-refractivity contribution in [1.82, 2.24) is 0 Å². The van der Waals surface area contributed by atoms with Crippen LogP contribution in [0, 0.1) is 0 Å². The highest BCUT2D eigenvalue weighted by molar-refractivity contribution is 9.10. The zero-order valence-electron chi connectivity index (χ0n) is 11.6. The molecule has 1 aromatic rings. The van der Waals surface area contributed by atoms with Crippen molar-refractivity contribution in [3.8, 4) is 11.5 Å². The molecule has 0 spiro atoms. The van der Waals surface area contributed by atoms with E-state index in [-0.39, 0.29) is 0 Å². The average Bonchev–Trinajstić information content (AvgIpc) is 2.43. The Hall–Kier alpha value is -0.780. The van der Waals surface area contributed by atoms with Crippen LogP contribution in [0.3, 0.4) is 0 Å². The Balaban J connectivity index is 2.78. The minimum atomic E-state index is -0.617. The van der Waals surface area contributed by atoms with Crippen molar-refractivity contribution in [2.75, 3.05) is 27.4 Å². The van der Waals surface area contributed by atoms with Crippen molar-refractivity contribution in [2.45, 2.75) is 25.9 Å². The predicted molar refractivity (Wildman–Crippen MR) is 77.9 cm³/mol. The molecule has 0 aliphatic rings. The van der Waals surface area contributed by atoms with E-state index >= 15 is 0 Å². The Morgan fingerprint density at radius 1 is 1.21 bits per heavy atom. The highest BCUT2D eigenvalue weighted by Crippen LogP contribution is 2.40. The Kier molecular flexibility index (Phi) is 7.20. The maximum atomic E-state index is 10.2. The topological polar surface area (TPSA) is 47.9 Å². The monoisotopic (exact) mass is 332 g/mol. The van der Waals surface area contributed by atoms with Crippen molar-refractivity contribution in [2.24, 2.45) is 0 Å². The van der Waals surface area contributed by atoms with Crippen molar-refractivity contribution < 1.29 is 19.3 Å². The van der Waals surface area contributed by atoms with E-state index in [4.69, 9.17) is 14.2 Å². The van der Waals surface area contributed by atoms with E-state index in [0.29, 0.717) is 29.0 Å². The molecule has 1 unspecified atom stereocenters. The SMILES string of the molecule is CCCOCCC(O)c1ccc(OC)c(Br)c1OC. The van der Waals surface area contributed by atoms with Crippen LogP contribution in [0.2, 0.25) is 0 Å². The average molecular weight is 333 g/mol. The predicted octanol–water partition coefficient (Wildman–Crippen LogP) is 3.32. The molecular weight excluding hydrogens is 312 g/mol. The van der Waals surface area contributed by atoms with Crippen LogP contribution in [0.5, 0.6) is 11.5 Å². The highest BCUT2D eigenvalue weighted by Gasteiger charge is 2.18. The lowest BCUT2D eigenvalue weighted by molar-refractivity contribution is 0.0810. The lowest BCUT2D eigenvalue weighted by atomic mass is 10.1. The van der Waals surface area contributed by atoms with Gasteiger partial charge in [0, 0.05) is 25.2 Å². The van der Waals surface area contributed by atoms with E-state index in [1.54, 1.807) is 20.3 Å². The molecule has 1 atom stereocenters. The fraction of sp³-hybridized carbons (Fsp3) is 0.571. The second kappa shape index (κ2) is 8.40. The molecule has 0 aliphatic heterocycles. The first kappa shape index (κ1) is 16.3. The smallest absolute Gasteiger partial charge is 0.142 e. The van der Waals surface area contributed by atoms with Crippen molar-refractivity contribution in [1.29, 1.82) is 0 Å². The molecule has 0 aliphatic carbocycles. The molecule has 0 bridgehead atoms. The summed E-state index contributed by atoms with van der Waals surface area (Å²) in [5.41, 5.74) is 0.732. The molecule has 5 heteroatoms. The summed E-state index contributed by atoms with van der Waals surface area (Å²) < 4.78 is 16.6. The van der Waals surface area contributed by atoms with Crippen LogP contribution in [0.25, 0.3) is 0 Å². The van der Waals surface area contributed by atoms with Gasteiger partial charge in [0.05, 0.1) is 20.3 Å². The molecule has 1 N–H and O–H groups in total. The molecule has 108 valence electrons. The summed E-state index contributed by atoms with van der Waals surface area (Å²) in [6.07, 6.45) is 0.900. The van der Waals surface area contributed by atoms with E-state index in [2.05, 4.69) is 22.9 Å². The van der Waals surface area contributed by atoms with Crippen molar-refractivity contribution in [3.05, 3.63) is 22.2 Å². The Morgan fingerprint density at radius 2 is 1.95 bits per heavy atom. The Morgan fingerprint density at radius 3 is 2.53 bits per heavy atom. The summed E-state index contributed by atoms with van der Waals surface area (Å²) in [7, 11) is 3.16. The number of methoxy groups -OCH3 is 2. The van der Waals surface area contributed by atoms with Crippen LogP contribution < -0.4 is 9.47 Å². The summed E-state index contributed by atoms with van der Waals surface area (Å²) >= 11 is 3.42. The van der Waals surface area contributed by atoms with Gasteiger partial charge in [-0.1, -0.05) is 6.92 Å². The zero-order valence-corrected chi connectivity index (χ0v) is 13.2. The van der Waals surface area contributed by atoms with Gasteiger partial charge in [-0.2, -0.15) is 0 Å². The largest absolute Gasteiger partial charge is 0.495 e. The number of hydrogen-bond acceptors (Lipinski definition) is 4. The fourth-order valence-electron chi connectivity index (χ4n) is 1.78. The molecule has 4 nitrogen and oxygen atoms in total. The first-order valence-corrected chi connectivity index (χ1v) is 7.11. The quantitative estimate of drug-likeness (QED) is 0.742. The van der Waals surface area contributed by atoms with Gasteiger partial charge in [0.15, 0.2) is 0 Å². The minimum Gasteiger partial charge on any atom is -0.495 e. The van der Waals surface area contributed by atoms with Crippen LogP contribution in [0.15, 0.2) is 16.6 Å². The van der Waals surface area contributed by atoms with Gasteiger partial charge in [-0.25, -0.2) is 0 Å². The number of aliphatic hydroxyl groups is 1. The molecule has 1 aromatic carbocycles. The number of ether oxygens (including phenoxy) is 3. The first-order valence-electron chi connectivity index (χ1n) is 6.31. The second-order valence-corrected chi connectivity index (χ2v) is 4.91. The van der Waals surface area contributed by atoms with Gasteiger partial charge >= 0.3 is 0 Å². The molecule has 0 radical (unpaired) electrons. The summed E-state index contributed by atoms with van der Waals surface area (Å²) in [5, 5.41) is 10.2. The van der Waals surface area contributed by atoms with Gasteiger partial charge in [-0.15, -0.1) is 0 Å². The number of aliphatic hydroxyl groups excluding tert-OH is 1. The van der Waals surface area contributed by atoms with Gasteiger partial charge in [0.2, 0.25) is 0 Å². The number of rotatable bonds is 8. The molecule has 1 rings (SSSR count). The summed E-state index contributed by atoms with van der Waals surface area (Å²) in [4.78, 5) is 0. The van der Waals surface area contributed by atoms with Crippen LogP contribution in [0.1, 0.15) is 31.4 Å². The summed E-state index contributed by atoms with van der Waals surface area (Å²) in [5.74, 6) is 1.28. The van der Waals surface area contributed by atoms with E-state index in [1.165, 1.54) is 0 Å². The third-order valence-electron chi connectivity index (χ3n) is 2.76. The van der Waals surface area contributed by atoms with E-state index in [0.717, 1.165) is 18.6 Å². The number of benzene rings is 1. The van der Waals surface area contributed by atoms with Crippen molar-refractivity contribution in [3.63, 3.8) is 0 Å². The van der Waals surface area contributed by atoms with Gasteiger partial charge in [-0.05, 0) is 34.5 Å². The molecule has 0 amide bonds. The lowest BCUT2D eigenvalue weighted by Crippen LogP contribution is -2.06. The van der Waals surface area contributed by atoms with Crippen molar-refractivity contribution >= 4 is 15.9 Å². The zero-order chi connectivity index (χ0) is 14.3. The Bertz CT molecular complexity index is 395. The third kappa shape index (κ3) is 4.37. The summed E-state index contributed by atoms with van der Waals surface area (Å²) in [6.45, 7) is 3.30. The number of hydrogen-bond donors (Lipinski definition) is 1. The van der Waals surface area contributed by atoms with Gasteiger partial charge in [0.25, 0.3) is 0 Å². The maximum Gasteiger partial charge on any atom is 0.142 e. The second-order valence-electron chi connectivity index (χ2n) is 4.12. The van der Waals surface area contributed by atoms with E-state index < -0.39 is 6.10 Å². The lowest BCUT2D eigenvalue weighted by Gasteiger charge is -2.17. The molecule has 0 saturated carbocycles. The molecule has 0 heterocycles. The maximum absolute atomic E-state index is 10.2. The standard InChI is InChI=1S/C14H21BrO4/c1-4-8-19-9-7-11(16)10-5-6-12(17-2)13(15)14(10)18-3/h5-6,11,16H,4,7-9H2,1-3H3. The van der Waals surface area contributed by atoms with Crippen LogP contribution in [-0.4, -0.2) is 32.5 Å². The first-order chi connectivity index (χ1) is 9.15. The molecular formula is C14H21BrO4. The van der Waals surface area contributed by atoms with Gasteiger partial charge < -0.3 is 19.3 Å². The molecule has 19 heavy (non-hydrogen) atoms. The highest BCUT2D eigenvalue weighted by atomic mass is 79.9. The van der Waals surface area contributed by atoms with Crippen LogP contribution in [-0.2, 0) is 4.74 Å². The normalized spacial score (nSPS) is 12.3. The summed E-state index contributed by atoms with van der Waals surface area (Å²) in [6, 6.07) is 3.62. The fourth-order valence-corrected chi connectivity index (χ4v) is 2.46. The third-order valence-corrected chi connectivity index (χ3v) is 3.51. The van der Waals surface area contributed by atoms with Crippen LogP contribution >= 0.6 is 15.9 Å². The van der Waals surface area contributed by atoms with E-state index in [1.807, 2.05) is 6.07 Å². The van der Waals surface area contributed by atoms with E-state index in [9.17, 15) is 5.11 Å². The molecule has 0 aromatic heterocycles. The number of halogens is 1. The molecule has 0 fully saturated rings. The van der Waals surface area contributed by atoms with Crippen LogP contribution in [0.4, 0.5) is 0 Å². The van der Waals surface area contributed by atoms with Gasteiger partial charge in [0.1, 0.15) is 16.0 Å². The van der Waals surface area contributed by atoms with Gasteiger partial charge in [-0.3, -0.25) is 0 Å². The Labute approximate surface area is 122 Å². The minimum absolute atomic E-state index is 0.530. The molecule has 0 saturated heterocycles.